The fraction of sp³-hybridized carbons (Fsp3) is 0.304. The predicted octanol–water partition coefficient (Wildman–Crippen LogP) is 4.43. The van der Waals surface area contributed by atoms with Crippen LogP contribution in [-0.4, -0.2) is 35.9 Å². The van der Waals surface area contributed by atoms with Gasteiger partial charge in [-0.2, -0.15) is 18.3 Å². The van der Waals surface area contributed by atoms with E-state index in [0.717, 1.165) is 30.8 Å². The molecule has 2 heterocycles. The van der Waals surface area contributed by atoms with Crippen molar-refractivity contribution in [3.63, 3.8) is 0 Å². The number of nitrogens with one attached hydrogen (secondary N) is 1. The Hall–Kier alpha value is -3.49. The zero-order valence-corrected chi connectivity index (χ0v) is 17.5. The number of benzene rings is 2. The number of halogens is 3. The molecule has 3 aromatic rings. The molecule has 4 rings (SSSR count). The Balaban J connectivity index is 1.46. The van der Waals surface area contributed by atoms with Gasteiger partial charge in [-0.3, -0.25) is 4.79 Å². The molecule has 1 amide bonds. The number of hydrogen-bond donors (Lipinski definition) is 1. The first-order valence-corrected chi connectivity index (χ1v) is 10.3. The highest BCUT2D eigenvalue weighted by molar-refractivity contribution is 5.94. The molecule has 0 saturated carbocycles. The van der Waals surface area contributed by atoms with Crippen molar-refractivity contribution in [2.75, 3.05) is 25.1 Å². The van der Waals surface area contributed by atoms with Gasteiger partial charge in [0.25, 0.3) is 5.91 Å². The number of amides is 1. The Kier molecular flexibility index (Phi) is 6.07. The first-order chi connectivity index (χ1) is 15.3. The monoisotopic (exact) mass is 444 g/mol. The van der Waals surface area contributed by atoms with E-state index in [1.165, 1.54) is 48.7 Å². The molecule has 0 aliphatic carbocycles. The smallest absolute Gasteiger partial charge is 0.416 e. The second-order valence-electron chi connectivity index (χ2n) is 7.58. The molecule has 1 N–H and O–H groups in total. The third kappa shape index (κ3) is 4.71. The van der Waals surface area contributed by atoms with E-state index in [0.29, 0.717) is 6.54 Å². The van der Waals surface area contributed by atoms with Crippen LogP contribution in [0.3, 0.4) is 0 Å². The number of carbonyl (C=O) groups excluding carboxylic acids is 1. The number of ether oxygens (including phenoxy) is 1. The molecule has 0 atom stereocenters. The van der Waals surface area contributed by atoms with E-state index in [2.05, 4.69) is 15.3 Å². The maximum Gasteiger partial charge on any atom is 0.416 e. The molecule has 1 aromatic heterocycles. The lowest BCUT2D eigenvalue weighted by Crippen LogP contribution is -2.24. The van der Waals surface area contributed by atoms with Crippen molar-refractivity contribution < 1.29 is 22.7 Å². The molecule has 1 aliphatic heterocycles. The summed E-state index contributed by atoms with van der Waals surface area (Å²) in [7, 11) is 1.38. The SMILES string of the molecule is COc1cn(-c2cccc(C(F)(F)F)c2)nc1C(=O)NCc1ccc(N2CCCC2)cc1. The van der Waals surface area contributed by atoms with E-state index in [4.69, 9.17) is 4.74 Å². The number of nitrogens with zero attached hydrogens (tertiary/aromatic N) is 3. The molecular weight excluding hydrogens is 421 g/mol. The first-order valence-electron chi connectivity index (χ1n) is 10.3. The zero-order valence-electron chi connectivity index (χ0n) is 17.5. The summed E-state index contributed by atoms with van der Waals surface area (Å²) in [4.78, 5) is 15.0. The van der Waals surface area contributed by atoms with Crippen molar-refractivity contribution in [1.82, 2.24) is 15.1 Å². The van der Waals surface area contributed by atoms with Gasteiger partial charge < -0.3 is 15.0 Å². The Morgan fingerprint density at radius 1 is 1.09 bits per heavy atom. The summed E-state index contributed by atoms with van der Waals surface area (Å²) in [5, 5.41) is 6.95. The minimum absolute atomic E-state index is 0.00130. The summed E-state index contributed by atoms with van der Waals surface area (Å²) in [5.41, 5.74) is 1.47. The van der Waals surface area contributed by atoms with Crippen LogP contribution in [0.5, 0.6) is 5.75 Å². The lowest BCUT2D eigenvalue weighted by atomic mass is 10.2. The average molecular weight is 444 g/mol. The molecule has 0 unspecified atom stereocenters. The summed E-state index contributed by atoms with van der Waals surface area (Å²) < 4.78 is 45.5. The summed E-state index contributed by atoms with van der Waals surface area (Å²) in [6, 6.07) is 12.7. The minimum Gasteiger partial charge on any atom is -0.493 e. The largest absolute Gasteiger partial charge is 0.493 e. The van der Waals surface area contributed by atoms with Gasteiger partial charge >= 0.3 is 6.18 Å². The molecule has 1 fully saturated rings. The average Bonchev–Trinajstić information content (AvgIpc) is 3.47. The molecule has 1 saturated heterocycles. The van der Waals surface area contributed by atoms with E-state index in [-0.39, 0.29) is 17.1 Å². The van der Waals surface area contributed by atoms with Gasteiger partial charge in [0.05, 0.1) is 24.6 Å². The summed E-state index contributed by atoms with van der Waals surface area (Å²) in [6.45, 7) is 2.41. The van der Waals surface area contributed by atoms with Gasteiger partial charge in [0.2, 0.25) is 0 Å². The fourth-order valence-corrected chi connectivity index (χ4v) is 3.69. The number of hydrogen-bond acceptors (Lipinski definition) is 4. The Labute approximate surface area is 183 Å². The van der Waals surface area contributed by atoms with E-state index < -0.39 is 17.6 Å². The number of rotatable bonds is 6. The molecule has 0 spiro atoms. The highest BCUT2D eigenvalue weighted by atomic mass is 19.4. The lowest BCUT2D eigenvalue weighted by Gasteiger charge is -2.17. The molecule has 0 radical (unpaired) electrons. The van der Waals surface area contributed by atoms with Crippen LogP contribution < -0.4 is 15.0 Å². The van der Waals surface area contributed by atoms with Crippen molar-refractivity contribution in [1.29, 1.82) is 0 Å². The summed E-state index contributed by atoms with van der Waals surface area (Å²) in [5.74, 6) is -0.305. The summed E-state index contributed by atoms with van der Waals surface area (Å²) in [6.07, 6.45) is -0.688. The van der Waals surface area contributed by atoms with Gasteiger partial charge in [-0.25, -0.2) is 4.68 Å². The molecule has 2 aromatic carbocycles. The normalized spacial score (nSPS) is 13.9. The van der Waals surface area contributed by atoms with E-state index in [1.807, 2.05) is 24.3 Å². The Morgan fingerprint density at radius 3 is 2.47 bits per heavy atom. The molecule has 168 valence electrons. The van der Waals surface area contributed by atoms with Gasteiger partial charge in [-0.1, -0.05) is 18.2 Å². The fourth-order valence-electron chi connectivity index (χ4n) is 3.69. The number of carbonyl (C=O) groups is 1. The van der Waals surface area contributed by atoms with Crippen molar-refractivity contribution >= 4 is 11.6 Å². The quantitative estimate of drug-likeness (QED) is 0.611. The molecule has 9 heteroatoms. The topological polar surface area (TPSA) is 59.4 Å². The van der Waals surface area contributed by atoms with E-state index in [9.17, 15) is 18.0 Å². The highest BCUT2D eigenvalue weighted by Crippen LogP contribution is 2.31. The van der Waals surface area contributed by atoms with Crippen LogP contribution in [0.2, 0.25) is 0 Å². The van der Waals surface area contributed by atoms with E-state index in [1.54, 1.807) is 0 Å². The molecule has 6 nitrogen and oxygen atoms in total. The van der Waals surface area contributed by atoms with Crippen LogP contribution >= 0.6 is 0 Å². The molecule has 32 heavy (non-hydrogen) atoms. The number of alkyl halides is 3. The number of anilines is 1. The van der Waals surface area contributed by atoms with Gasteiger partial charge in [0.1, 0.15) is 0 Å². The van der Waals surface area contributed by atoms with Crippen LogP contribution in [0.25, 0.3) is 5.69 Å². The third-order valence-electron chi connectivity index (χ3n) is 5.41. The second-order valence-corrected chi connectivity index (χ2v) is 7.58. The van der Waals surface area contributed by atoms with Crippen molar-refractivity contribution in [3.8, 4) is 11.4 Å². The van der Waals surface area contributed by atoms with Crippen molar-refractivity contribution in [2.45, 2.75) is 25.6 Å². The molecule has 1 aliphatic rings. The maximum absolute atomic E-state index is 13.0. The van der Waals surface area contributed by atoms with Crippen molar-refractivity contribution in [3.05, 3.63) is 71.5 Å². The Bertz CT molecular complexity index is 1090. The zero-order chi connectivity index (χ0) is 22.7. The molecule has 0 bridgehead atoms. The first kappa shape index (κ1) is 21.7. The highest BCUT2D eigenvalue weighted by Gasteiger charge is 2.30. The second kappa shape index (κ2) is 8.94. The van der Waals surface area contributed by atoms with Crippen molar-refractivity contribution in [2.24, 2.45) is 0 Å². The van der Waals surface area contributed by atoms with Gasteiger partial charge in [0, 0.05) is 25.3 Å². The number of methoxy groups -OCH3 is 1. The van der Waals surface area contributed by atoms with Crippen LogP contribution in [0.1, 0.15) is 34.5 Å². The van der Waals surface area contributed by atoms with Crippen LogP contribution in [-0.2, 0) is 12.7 Å². The number of aromatic nitrogens is 2. The molecular formula is C23H23F3N4O2. The van der Waals surface area contributed by atoms with Gasteiger partial charge in [0.15, 0.2) is 11.4 Å². The van der Waals surface area contributed by atoms with E-state index >= 15 is 0 Å². The Morgan fingerprint density at radius 2 is 1.81 bits per heavy atom. The van der Waals surface area contributed by atoms with Crippen LogP contribution in [0.15, 0.2) is 54.7 Å². The van der Waals surface area contributed by atoms with Crippen LogP contribution in [0.4, 0.5) is 18.9 Å². The van der Waals surface area contributed by atoms with Gasteiger partial charge in [-0.05, 0) is 48.7 Å². The third-order valence-corrected chi connectivity index (χ3v) is 5.41. The minimum atomic E-state index is -4.47. The van der Waals surface area contributed by atoms with Crippen LogP contribution in [0, 0.1) is 0 Å². The standard InChI is InChI=1S/C23H23F3N4O2/c1-32-20-15-30(19-6-4-5-17(13-19)23(24,25)26)28-21(20)22(31)27-14-16-7-9-18(10-8-16)29-11-2-3-12-29/h4-10,13,15H,2-3,11-12,14H2,1H3,(H,27,31). The van der Waals surface area contributed by atoms with Gasteiger partial charge in [-0.15, -0.1) is 0 Å². The predicted molar refractivity (Wildman–Crippen MR) is 114 cm³/mol. The lowest BCUT2D eigenvalue weighted by molar-refractivity contribution is -0.137. The maximum atomic E-state index is 13.0. The summed E-state index contributed by atoms with van der Waals surface area (Å²) >= 11 is 0.